The van der Waals surface area contributed by atoms with E-state index in [0.717, 1.165) is 0 Å². The standard InChI is InChI=1S/C13H28O2Si/c1-9-11(14)13(5,6)10-15-16(7,8)12(2,3)4/h9,11,14H,1,10H2,2-8H3/t11-/m0/s1. The monoisotopic (exact) mass is 244 g/mol. The third-order valence-electron chi connectivity index (χ3n) is 3.64. The number of aliphatic hydroxyl groups is 1. The fraction of sp³-hybridized carbons (Fsp3) is 0.846. The Labute approximate surface area is 102 Å². The van der Waals surface area contributed by atoms with Gasteiger partial charge in [-0.2, -0.15) is 0 Å². The highest BCUT2D eigenvalue weighted by molar-refractivity contribution is 6.74. The molecule has 0 aromatic carbocycles. The van der Waals surface area contributed by atoms with Crippen molar-refractivity contribution >= 4 is 8.32 Å². The summed E-state index contributed by atoms with van der Waals surface area (Å²) >= 11 is 0. The Balaban J connectivity index is 4.51. The SMILES string of the molecule is C=C[C@H](O)C(C)(C)CO[Si](C)(C)C(C)(C)C. The fourth-order valence-electron chi connectivity index (χ4n) is 0.987. The van der Waals surface area contributed by atoms with E-state index in [1.54, 1.807) is 6.08 Å². The molecule has 0 bridgehead atoms. The lowest BCUT2D eigenvalue weighted by Crippen LogP contribution is -2.45. The van der Waals surface area contributed by atoms with Crippen LogP contribution >= 0.6 is 0 Å². The summed E-state index contributed by atoms with van der Waals surface area (Å²) in [4.78, 5) is 0. The van der Waals surface area contributed by atoms with E-state index < -0.39 is 14.4 Å². The molecule has 0 saturated heterocycles. The maximum atomic E-state index is 9.80. The van der Waals surface area contributed by atoms with Crippen LogP contribution in [0.4, 0.5) is 0 Å². The van der Waals surface area contributed by atoms with Crippen molar-refractivity contribution in [3.8, 4) is 0 Å². The van der Waals surface area contributed by atoms with Gasteiger partial charge in [0.2, 0.25) is 0 Å². The molecular formula is C13H28O2Si. The van der Waals surface area contributed by atoms with E-state index in [9.17, 15) is 5.11 Å². The van der Waals surface area contributed by atoms with Crippen molar-refractivity contribution in [2.24, 2.45) is 5.41 Å². The van der Waals surface area contributed by atoms with Crippen LogP contribution in [0.3, 0.4) is 0 Å². The fourth-order valence-corrected chi connectivity index (χ4v) is 2.15. The Bertz CT molecular complexity index is 239. The summed E-state index contributed by atoms with van der Waals surface area (Å²) < 4.78 is 6.11. The molecule has 0 saturated carbocycles. The van der Waals surface area contributed by atoms with Crippen molar-refractivity contribution in [2.75, 3.05) is 6.61 Å². The highest BCUT2D eigenvalue weighted by Gasteiger charge is 2.39. The summed E-state index contributed by atoms with van der Waals surface area (Å²) in [6, 6.07) is 0. The van der Waals surface area contributed by atoms with Crippen LogP contribution < -0.4 is 0 Å². The lowest BCUT2D eigenvalue weighted by molar-refractivity contribution is 0.0426. The smallest absolute Gasteiger partial charge is 0.192 e. The van der Waals surface area contributed by atoms with Crippen LogP contribution in [0.2, 0.25) is 18.1 Å². The summed E-state index contributed by atoms with van der Waals surface area (Å²) in [6.07, 6.45) is 1.06. The van der Waals surface area contributed by atoms with Gasteiger partial charge in [0.25, 0.3) is 0 Å². The molecule has 0 fully saturated rings. The third-order valence-corrected chi connectivity index (χ3v) is 8.11. The van der Waals surface area contributed by atoms with Crippen LogP contribution in [0.15, 0.2) is 12.7 Å². The average Bonchev–Trinajstić information content (AvgIpc) is 2.12. The van der Waals surface area contributed by atoms with Gasteiger partial charge in [0.1, 0.15) is 0 Å². The molecule has 0 spiro atoms. The first kappa shape index (κ1) is 15.9. The molecule has 0 aliphatic carbocycles. The first-order chi connectivity index (χ1) is 6.94. The zero-order valence-electron chi connectivity index (χ0n) is 11.9. The second-order valence-electron chi connectivity index (χ2n) is 6.72. The van der Waals surface area contributed by atoms with Crippen molar-refractivity contribution in [3.05, 3.63) is 12.7 Å². The molecule has 96 valence electrons. The minimum Gasteiger partial charge on any atom is -0.416 e. The maximum Gasteiger partial charge on any atom is 0.192 e. The van der Waals surface area contributed by atoms with E-state index in [4.69, 9.17) is 4.43 Å². The molecule has 2 nitrogen and oxygen atoms in total. The predicted octanol–water partition coefficient (Wildman–Crippen LogP) is 3.58. The predicted molar refractivity (Wildman–Crippen MR) is 73.1 cm³/mol. The molecule has 0 heterocycles. The second-order valence-corrected chi connectivity index (χ2v) is 11.5. The third kappa shape index (κ3) is 4.04. The molecule has 3 heteroatoms. The molecule has 0 radical (unpaired) electrons. The van der Waals surface area contributed by atoms with Gasteiger partial charge in [0, 0.05) is 12.0 Å². The molecular weight excluding hydrogens is 216 g/mol. The summed E-state index contributed by atoms with van der Waals surface area (Å²) in [7, 11) is -1.72. The molecule has 0 rings (SSSR count). The van der Waals surface area contributed by atoms with Gasteiger partial charge >= 0.3 is 0 Å². The van der Waals surface area contributed by atoms with E-state index in [1.165, 1.54) is 0 Å². The largest absolute Gasteiger partial charge is 0.416 e. The molecule has 1 N–H and O–H groups in total. The highest BCUT2D eigenvalue weighted by atomic mass is 28.4. The van der Waals surface area contributed by atoms with Gasteiger partial charge in [-0.15, -0.1) is 6.58 Å². The summed E-state index contributed by atoms with van der Waals surface area (Å²) in [5.74, 6) is 0. The normalized spacial score (nSPS) is 16.0. The van der Waals surface area contributed by atoms with Crippen molar-refractivity contribution in [1.82, 2.24) is 0 Å². The van der Waals surface area contributed by atoms with Crippen molar-refractivity contribution in [3.63, 3.8) is 0 Å². The highest BCUT2D eigenvalue weighted by Crippen LogP contribution is 2.38. The number of rotatable bonds is 5. The number of hydrogen-bond donors (Lipinski definition) is 1. The Morgan fingerprint density at radius 2 is 1.69 bits per heavy atom. The Morgan fingerprint density at radius 1 is 1.25 bits per heavy atom. The van der Waals surface area contributed by atoms with Crippen molar-refractivity contribution < 1.29 is 9.53 Å². The van der Waals surface area contributed by atoms with Gasteiger partial charge < -0.3 is 9.53 Å². The van der Waals surface area contributed by atoms with Gasteiger partial charge in [-0.05, 0) is 18.1 Å². The first-order valence-electron chi connectivity index (χ1n) is 5.88. The molecule has 0 aromatic rings. The van der Waals surface area contributed by atoms with Gasteiger partial charge in [-0.3, -0.25) is 0 Å². The van der Waals surface area contributed by atoms with Gasteiger partial charge in [-0.25, -0.2) is 0 Å². The van der Waals surface area contributed by atoms with Crippen molar-refractivity contribution in [2.45, 2.75) is 58.9 Å². The lowest BCUT2D eigenvalue weighted by atomic mass is 9.88. The maximum absolute atomic E-state index is 9.80. The first-order valence-corrected chi connectivity index (χ1v) is 8.79. The average molecular weight is 244 g/mol. The van der Waals surface area contributed by atoms with Gasteiger partial charge in [-0.1, -0.05) is 40.7 Å². The molecule has 0 aliphatic rings. The van der Waals surface area contributed by atoms with Gasteiger partial charge in [0.15, 0.2) is 8.32 Å². The number of hydrogen-bond acceptors (Lipinski definition) is 2. The van der Waals surface area contributed by atoms with Crippen LogP contribution in [0.25, 0.3) is 0 Å². The topological polar surface area (TPSA) is 29.5 Å². The van der Waals surface area contributed by atoms with E-state index in [2.05, 4.69) is 40.4 Å². The molecule has 1 atom stereocenters. The van der Waals surface area contributed by atoms with Crippen LogP contribution in [0.5, 0.6) is 0 Å². The number of aliphatic hydroxyl groups excluding tert-OH is 1. The Kier molecular flexibility index (Phi) is 4.99. The van der Waals surface area contributed by atoms with Crippen LogP contribution in [-0.4, -0.2) is 26.1 Å². The minimum absolute atomic E-state index is 0.211. The quantitative estimate of drug-likeness (QED) is 0.591. The molecule has 0 aromatic heterocycles. The Morgan fingerprint density at radius 3 is 2.00 bits per heavy atom. The summed E-state index contributed by atoms with van der Waals surface area (Å²) in [5.41, 5.74) is -0.267. The summed E-state index contributed by atoms with van der Waals surface area (Å²) in [6.45, 7) is 19.3. The van der Waals surface area contributed by atoms with Crippen molar-refractivity contribution in [1.29, 1.82) is 0 Å². The zero-order chi connectivity index (χ0) is 13.2. The Hall–Kier alpha value is -0.123. The van der Waals surface area contributed by atoms with E-state index in [0.29, 0.717) is 6.61 Å². The van der Waals surface area contributed by atoms with Crippen LogP contribution in [-0.2, 0) is 4.43 Å². The van der Waals surface area contributed by atoms with E-state index in [-0.39, 0.29) is 10.5 Å². The van der Waals surface area contributed by atoms with E-state index in [1.807, 2.05) is 13.8 Å². The molecule has 0 amide bonds. The molecule has 0 unspecified atom stereocenters. The second kappa shape index (κ2) is 5.03. The minimum atomic E-state index is -1.72. The van der Waals surface area contributed by atoms with Crippen LogP contribution in [0, 0.1) is 5.41 Å². The summed E-state index contributed by atoms with van der Waals surface area (Å²) in [5, 5.41) is 10.0. The zero-order valence-corrected chi connectivity index (χ0v) is 12.9. The molecule has 0 aliphatic heterocycles. The van der Waals surface area contributed by atoms with Crippen LogP contribution in [0.1, 0.15) is 34.6 Å². The van der Waals surface area contributed by atoms with Gasteiger partial charge in [0.05, 0.1) is 6.10 Å². The van der Waals surface area contributed by atoms with E-state index >= 15 is 0 Å². The molecule has 16 heavy (non-hydrogen) atoms. The lowest BCUT2D eigenvalue weighted by Gasteiger charge is -2.39.